The second-order valence-electron chi connectivity index (χ2n) is 29.3. The van der Waals surface area contributed by atoms with Crippen LogP contribution in [0.25, 0.3) is 44.3 Å². The number of methoxy groups -OCH3 is 2. The van der Waals surface area contributed by atoms with E-state index in [0.717, 1.165) is 72.5 Å². The number of aromatic nitrogens is 1. The highest BCUT2D eigenvalue weighted by Gasteiger charge is 2.36. The third-order valence-electron chi connectivity index (χ3n) is 20.5. The molecule has 0 N–H and O–H groups in total. The number of ether oxygens (including phenoxy) is 2. The van der Waals surface area contributed by atoms with E-state index < -0.39 is 0 Å². The van der Waals surface area contributed by atoms with Crippen molar-refractivity contribution in [1.82, 2.24) is 4.98 Å². The Balaban J connectivity index is 0.000000128. The van der Waals surface area contributed by atoms with Gasteiger partial charge in [0.2, 0.25) is 0 Å². The topological polar surface area (TPSA) is 44.5 Å². The van der Waals surface area contributed by atoms with Gasteiger partial charge in [0, 0.05) is 80.3 Å². The number of nitrogens with zero attached hydrogens (tertiary/aromatic N) is 5. The number of quaternary nitrogens is 4. The van der Waals surface area contributed by atoms with E-state index >= 15 is 0 Å². The van der Waals surface area contributed by atoms with Gasteiger partial charge in [0.05, 0.1) is 129 Å². The Bertz CT molecular complexity index is 3550. The first kappa shape index (κ1) is 62.5. The molecule has 0 spiro atoms. The van der Waals surface area contributed by atoms with Gasteiger partial charge >= 0.3 is 0 Å². The Labute approximate surface area is 517 Å². The lowest BCUT2D eigenvalue weighted by Crippen LogP contribution is -2.48. The van der Waals surface area contributed by atoms with E-state index in [1.807, 2.05) is 18.5 Å². The average Bonchev–Trinajstić information content (AvgIpc) is 2.93. The lowest BCUT2D eigenvalue weighted by atomic mass is 9.80. The van der Waals surface area contributed by atoms with Crippen molar-refractivity contribution in [3.05, 3.63) is 196 Å². The van der Waals surface area contributed by atoms with Crippen LogP contribution in [0.5, 0.6) is 11.5 Å². The zero-order chi connectivity index (χ0) is 61.0. The Morgan fingerprint density at radius 2 is 0.942 bits per heavy atom. The third kappa shape index (κ3) is 14.2. The summed E-state index contributed by atoms with van der Waals surface area (Å²) in [6.07, 6.45) is 25.8. The summed E-state index contributed by atoms with van der Waals surface area (Å²) in [5.74, 6) is 3.61. The number of hydrogen-bond donors (Lipinski definition) is 0. The highest BCUT2D eigenvalue weighted by molar-refractivity contribution is 5.97. The quantitative estimate of drug-likeness (QED) is 0.128. The van der Waals surface area contributed by atoms with E-state index in [-0.39, 0.29) is 0 Å². The first-order chi connectivity index (χ1) is 41.1. The molecule has 8 aromatic rings. The number of hydrogen-bond acceptors (Lipinski definition) is 4. The highest BCUT2D eigenvalue weighted by atomic mass is 16.5. The first-order valence-electron chi connectivity index (χ1n) is 32.4. The highest BCUT2D eigenvalue weighted by Crippen LogP contribution is 2.45. The van der Waals surface area contributed by atoms with Gasteiger partial charge < -0.3 is 31.8 Å². The molecule has 0 saturated heterocycles. The largest absolute Gasteiger partial charge is 0.493 e. The van der Waals surface area contributed by atoms with E-state index in [0.29, 0.717) is 12.1 Å². The molecule has 0 bridgehead atoms. The number of furan rings is 1. The summed E-state index contributed by atoms with van der Waals surface area (Å²) in [7, 11) is 31.2. The van der Waals surface area contributed by atoms with Gasteiger partial charge in [0.25, 0.3) is 0 Å². The van der Waals surface area contributed by atoms with E-state index in [1.165, 1.54) is 150 Å². The van der Waals surface area contributed by atoms with Crippen molar-refractivity contribution in [1.29, 1.82) is 0 Å². The average molecular weight is 1160 g/mol. The molecule has 2 heterocycles. The predicted octanol–water partition coefficient (Wildman–Crippen LogP) is 15.8. The summed E-state index contributed by atoms with van der Waals surface area (Å²) in [5, 5.41) is 2.52. The molecule has 4 atom stereocenters. The van der Waals surface area contributed by atoms with Gasteiger partial charge in [0.1, 0.15) is 5.76 Å². The van der Waals surface area contributed by atoms with Gasteiger partial charge in [-0.15, -0.1) is 0 Å². The van der Waals surface area contributed by atoms with Crippen molar-refractivity contribution >= 4 is 10.8 Å². The zero-order valence-corrected chi connectivity index (χ0v) is 55.0. The lowest BCUT2D eigenvalue weighted by Gasteiger charge is -2.38. The van der Waals surface area contributed by atoms with Crippen LogP contribution >= 0.6 is 0 Å². The molecule has 4 unspecified atom stereocenters. The zero-order valence-electron chi connectivity index (χ0n) is 55.0. The second-order valence-corrected chi connectivity index (χ2v) is 29.3. The number of rotatable bonds is 10. The normalized spacial score (nSPS) is 19.4. The van der Waals surface area contributed by atoms with Gasteiger partial charge in [-0.25, -0.2) is 0 Å². The molecule has 0 amide bonds. The van der Waals surface area contributed by atoms with Crippen LogP contribution in [0, 0.1) is 0 Å². The predicted molar refractivity (Wildman–Crippen MR) is 359 cm³/mol. The molecule has 5 aliphatic carbocycles. The molecule has 2 aromatic heterocycles. The third-order valence-corrected chi connectivity index (χ3v) is 20.5. The van der Waals surface area contributed by atoms with Crippen LogP contribution in [0.3, 0.4) is 0 Å². The van der Waals surface area contributed by atoms with Crippen LogP contribution in [-0.4, -0.2) is 146 Å². The number of benzene rings is 6. The van der Waals surface area contributed by atoms with Gasteiger partial charge in [-0.05, 0) is 141 Å². The van der Waals surface area contributed by atoms with E-state index in [9.17, 15) is 0 Å². The van der Waals surface area contributed by atoms with E-state index in [1.54, 1.807) is 42.7 Å². The molecule has 86 heavy (non-hydrogen) atoms. The van der Waals surface area contributed by atoms with Crippen molar-refractivity contribution in [3.63, 3.8) is 0 Å². The van der Waals surface area contributed by atoms with Crippen LogP contribution in [0.1, 0.15) is 107 Å². The summed E-state index contributed by atoms with van der Waals surface area (Å²) >= 11 is 0. The molecule has 1 fully saturated rings. The fourth-order valence-electron chi connectivity index (χ4n) is 15.1. The maximum Gasteiger partial charge on any atom is 0.164 e. The molecular formula is C78H103N5O3+4. The van der Waals surface area contributed by atoms with Crippen LogP contribution < -0.4 is 9.47 Å². The van der Waals surface area contributed by atoms with Gasteiger partial charge in [-0.2, -0.15) is 0 Å². The van der Waals surface area contributed by atoms with E-state index in [2.05, 4.69) is 211 Å². The lowest BCUT2D eigenvalue weighted by molar-refractivity contribution is -0.896. The number of likely N-dealkylation sites (N-methyl/N-ethyl adjacent to an activating group) is 4. The molecule has 13 rings (SSSR count). The van der Waals surface area contributed by atoms with Crippen molar-refractivity contribution in [3.8, 4) is 45.1 Å². The van der Waals surface area contributed by atoms with Crippen molar-refractivity contribution in [2.24, 2.45) is 0 Å². The molecule has 1 saturated carbocycles. The van der Waals surface area contributed by atoms with Gasteiger partial charge in [-0.3, -0.25) is 4.98 Å². The molecule has 454 valence electrons. The molecule has 8 heteroatoms. The minimum Gasteiger partial charge on any atom is -0.493 e. The van der Waals surface area contributed by atoms with Crippen LogP contribution in [-0.2, 0) is 51.4 Å². The Hall–Kier alpha value is -6.55. The SMILES string of the molecule is COc1cc(-c2ccccc2)c2c(c1OC)CC([N+](C)(C)C)CC2.C[N+](C)(C)C1CCc2c(cccc2-c2cccc3cnccc23)C1.C[N+](C)(C)C1CCc2c(cccc2-c2ccco2)C1.C[N+](C)(C)C1CCc2c(cccc2C2CCCC2)C1. The molecule has 0 aliphatic heterocycles. The van der Waals surface area contributed by atoms with Crippen molar-refractivity contribution in [2.75, 3.05) is 98.8 Å². The summed E-state index contributed by atoms with van der Waals surface area (Å²) in [6, 6.07) is 48.9. The maximum atomic E-state index is 5.75. The fourth-order valence-corrected chi connectivity index (χ4v) is 15.1. The smallest absolute Gasteiger partial charge is 0.164 e. The number of pyridine rings is 1. The monoisotopic (exact) mass is 1160 g/mol. The minimum absolute atomic E-state index is 0.599. The van der Waals surface area contributed by atoms with Gasteiger partial charge in [-0.1, -0.05) is 116 Å². The Morgan fingerprint density at radius 3 is 1.50 bits per heavy atom. The summed E-state index contributed by atoms with van der Waals surface area (Å²) in [6.45, 7) is 0. The van der Waals surface area contributed by atoms with Crippen LogP contribution in [0.4, 0.5) is 0 Å². The van der Waals surface area contributed by atoms with Crippen LogP contribution in [0.2, 0.25) is 0 Å². The molecule has 8 nitrogen and oxygen atoms in total. The molecule has 0 radical (unpaired) electrons. The van der Waals surface area contributed by atoms with E-state index in [4.69, 9.17) is 13.9 Å². The summed E-state index contributed by atoms with van der Waals surface area (Å²) < 4.78 is 21.2. The minimum atomic E-state index is 0.599. The van der Waals surface area contributed by atoms with Crippen molar-refractivity contribution < 1.29 is 31.8 Å². The van der Waals surface area contributed by atoms with Crippen LogP contribution in [0.15, 0.2) is 150 Å². The summed E-state index contributed by atoms with van der Waals surface area (Å²) in [5.41, 5.74) is 20.4. The second kappa shape index (κ2) is 26.4. The standard InChI is InChI=1S/C22H25N2.C21H28NO2.C18H28N.C17H22NO/c1-24(2,3)18-10-11-19-16(14-18)6-4-8-21(19)22-9-5-7-17-15-23-13-12-20(17)22;1-22(2,3)16-11-12-17-18(15-9-7-6-8-10-15)14-20(23-4)21(24-5)19(17)13-16;1-19(2,3)16-11-12-18-15(13-16)9-6-10-17(18)14-7-4-5-8-14;1-18(2,3)14-9-10-15-13(12-14)6-4-7-16(15)17-8-5-11-19-17/h4-9,12-13,15,18H,10-11,14H2,1-3H3;6-10,14,16H,11-13H2,1-5H3;6,9-10,14,16H,4-5,7-8,11-13H2,1-3H3;4-8,11,14H,9-10,12H2,1-3H3/q4*+1. The first-order valence-corrected chi connectivity index (χ1v) is 32.4. The Morgan fingerprint density at radius 1 is 0.430 bits per heavy atom. The molecule has 6 aromatic carbocycles. The van der Waals surface area contributed by atoms with Gasteiger partial charge in [0.15, 0.2) is 11.5 Å². The fraction of sp³-hybridized carbons (Fsp3) is 0.449. The summed E-state index contributed by atoms with van der Waals surface area (Å²) in [4.78, 5) is 4.27. The maximum absolute atomic E-state index is 5.75. The Kier molecular flexibility index (Phi) is 19.2. The number of fused-ring (bicyclic) bond motifs is 5. The molecular weight excluding hydrogens is 1050 g/mol. The molecule has 5 aliphatic rings. The van der Waals surface area contributed by atoms with Crippen molar-refractivity contribution in [2.45, 2.75) is 133 Å².